The number of alkyl halides is 3. The van der Waals surface area contributed by atoms with Gasteiger partial charge in [-0.1, -0.05) is 12.1 Å². The summed E-state index contributed by atoms with van der Waals surface area (Å²) in [6.07, 6.45) is -2.02. The molecule has 6 nitrogen and oxygen atoms in total. The Kier molecular flexibility index (Phi) is 6.77. The summed E-state index contributed by atoms with van der Waals surface area (Å²) in [4.78, 5) is 31.0. The number of carbonyl (C=O) groups is 2. The summed E-state index contributed by atoms with van der Waals surface area (Å²) < 4.78 is 39.0. The topological polar surface area (TPSA) is 74.3 Å². The number of nitrogens with one attached hydrogen (secondary N) is 2. The van der Waals surface area contributed by atoms with Crippen molar-refractivity contribution < 1.29 is 22.8 Å². The van der Waals surface area contributed by atoms with Gasteiger partial charge in [-0.05, 0) is 66.9 Å². The molecule has 4 rings (SSSR count). The quantitative estimate of drug-likeness (QED) is 0.536. The van der Waals surface area contributed by atoms with Crippen molar-refractivity contribution in [1.29, 1.82) is 0 Å². The van der Waals surface area contributed by atoms with Crippen molar-refractivity contribution in [2.75, 3.05) is 30.4 Å². The molecule has 0 aliphatic carbocycles. The molecule has 2 heterocycles. The zero-order valence-corrected chi connectivity index (χ0v) is 19.3. The van der Waals surface area contributed by atoms with Crippen molar-refractivity contribution >= 4 is 23.2 Å². The van der Waals surface area contributed by atoms with E-state index in [0.717, 1.165) is 41.9 Å². The van der Waals surface area contributed by atoms with E-state index in [2.05, 4.69) is 20.5 Å². The molecule has 3 aromatic rings. The minimum atomic E-state index is -4.48. The number of aryl methyl sites for hydroxylation is 1. The first kappa shape index (κ1) is 24.3. The third-order valence-corrected chi connectivity index (χ3v) is 6.19. The Morgan fingerprint density at radius 3 is 2.60 bits per heavy atom. The van der Waals surface area contributed by atoms with E-state index in [4.69, 9.17) is 0 Å². The monoisotopic (exact) mass is 482 g/mol. The summed E-state index contributed by atoms with van der Waals surface area (Å²) in [5, 5.41) is 5.14. The maximum absolute atomic E-state index is 13.0. The van der Waals surface area contributed by atoms with Crippen LogP contribution < -0.4 is 15.5 Å². The van der Waals surface area contributed by atoms with Gasteiger partial charge < -0.3 is 15.5 Å². The highest BCUT2D eigenvalue weighted by Crippen LogP contribution is 2.34. The van der Waals surface area contributed by atoms with Crippen LogP contribution in [0.3, 0.4) is 0 Å². The fraction of sp³-hybridized carbons (Fsp3) is 0.269. The van der Waals surface area contributed by atoms with Crippen molar-refractivity contribution in [2.24, 2.45) is 0 Å². The van der Waals surface area contributed by atoms with E-state index >= 15 is 0 Å². The lowest BCUT2D eigenvalue weighted by Crippen LogP contribution is -2.22. The fourth-order valence-electron chi connectivity index (χ4n) is 4.32. The lowest BCUT2D eigenvalue weighted by Gasteiger charge is -2.20. The van der Waals surface area contributed by atoms with Crippen molar-refractivity contribution in [3.05, 3.63) is 88.7 Å². The van der Waals surface area contributed by atoms with E-state index < -0.39 is 17.6 Å². The zero-order chi connectivity index (χ0) is 25.2. The molecule has 0 unspecified atom stereocenters. The molecule has 0 saturated carbocycles. The minimum absolute atomic E-state index is 0.0867. The van der Waals surface area contributed by atoms with Crippen LogP contribution in [0, 0.1) is 6.92 Å². The Hall–Kier alpha value is -3.88. The van der Waals surface area contributed by atoms with Crippen molar-refractivity contribution in [3.63, 3.8) is 0 Å². The molecular weight excluding hydrogens is 457 g/mol. The number of carbonyl (C=O) groups excluding carboxylic acids is 2. The highest BCUT2D eigenvalue weighted by atomic mass is 19.4. The first-order valence-electron chi connectivity index (χ1n) is 11.2. The standard InChI is InChI=1S/C26H25F3N4O2/c1-16-6-7-17(24(34)32-20-5-3-4-19(13-20)26(27,28)29)12-22(16)18-9-11-33(15-18)21-8-10-31-23(14-21)25(35)30-2/h3-8,10,12-14,18H,9,11,15H2,1-2H3,(H,30,35)(H,32,34)/t18-/m1/s1. The van der Waals surface area contributed by atoms with E-state index in [-0.39, 0.29) is 17.5 Å². The van der Waals surface area contributed by atoms with Gasteiger partial charge in [-0.2, -0.15) is 13.2 Å². The number of rotatable bonds is 5. The minimum Gasteiger partial charge on any atom is -0.371 e. The van der Waals surface area contributed by atoms with Gasteiger partial charge in [0.25, 0.3) is 11.8 Å². The molecule has 1 fully saturated rings. The number of pyridine rings is 1. The third kappa shape index (κ3) is 5.45. The SMILES string of the molecule is CNC(=O)c1cc(N2CC[C@@H](c3cc(C(=O)Nc4cccc(C(F)(F)F)c4)ccc3C)C2)ccn1. The van der Waals surface area contributed by atoms with E-state index in [1.807, 2.05) is 25.1 Å². The maximum Gasteiger partial charge on any atom is 0.416 e. The van der Waals surface area contributed by atoms with Gasteiger partial charge in [-0.3, -0.25) is 14.6 Å². The molecule has 9 heteroatoms. The summed E-state index contributed by atoms with van der Waals surface area (Å²) in [6, 6.07) is 13.5. The summed E-state index contributed by atoms with van der Waals surface area (Å²) in [6.45, 7) is 3.46. The molecule has 1 aromatic heterocycles. The number of hydrogen-bond donors (Lipinski definition) is 2. The molecule has 1 aliphatic heterocycles. The second-order valence-electron chi connectivity index (χ2n) is 8.51. The predicted molar refractivity (Wildman–Crippen MR) is 128 cm³/mol. The molecule has 2 amide bonds. The number of halogens is 3. The van der Waals surface area contributed by atoms with Gasteiger partial charge in [0.05, 0.1) is 5.56 Å². The molecule has 1 aliphatic rings. The van der Waals surface area contributed by atoms with Crippen molar-refractivity contribution in [1.82, 2.24) is 10.3 Å². The Morgan fingerprint density at radius 2 is 1.86 bits per heavy atom. The number of anilines is 2. The molecule has 35 heavy (non-hydrogen) atoms. The predicted octanol–water partition coefficient (Wildman–Crippen LogP) is 5.01. The van der Waals surface area contributed by atoms with Gasteiger partial charge in [-0.15, -0.1) is 0 Å². The lowest BCUT2D eigenvalue weighted by atomic mass is 9.92. The molecule has 1 atom stereocenters. The summed E-state index contributed by atoms with van der Waals surface area (Å²) in [7, 11) is 1.56. The molecule has 0 radical (unpaired) electrons. The largest absolute Gasteiger partial charge is 0.416 e. The molecule has 2 N–H and O–H groups in total. The van der Waals surface area contributed by atoms with Crippen LogP contribution in [-0.4, -0.2) is 36.9 Å². The van der Waals surface area contributed by atoms with Gasteiger partial charge >= 0.3 is 6.18 Å². The Balaban J connectivity index is 1.50. The number of amides is 2. The molecule has 0 bridgehead atoms. The smallest absolute Gasteiger partial charge is 0.371 e. The van der Waals surface area contributed by atoms with Crippen LogP contribution in [0.4, 0.5) is 24.5 Å². The molecule has 2 aromatic carbocycles. The average Bonchev–Trinajstić information content (AvgIpc) is 3.33. The summed E-state index contributed by atoms with van der Waals surface area (Å²) in [5.41, 5.74) is 2.95. The second-order valence-corrected chi connectivity index (χ2v) is 8.51. The van der Waals surface area contributed by atoms with Gasteiger partial charge in [-0.25, -0.2) is 0 Å². The maximum atomic E-state index is 13.0. The second kappa shape index (κ2) is 9.77. The highest BCUT2D eigenvalue weighted by molar-refractivity contribution is 6.04. The average molecular weight is 483 g/mol. The van der Waals surface area contributed by atoms with Crippen molar-refractivity contribution in [2.45, 2.75) is 25.4 Å². The normalized spacial score (nSPS) is 15.7. The third-order valence-electron chi connectivity index (χ3n) is 6.19. The van der Waals surface area contributed by atoms with Gasteiger partial charge in [0.15, 0.2) is 0 Å². The van der Waals surface area contributed by atoms with Crippen LogP contribution in [0.15, 0.2) is 60.8 Å². The Morgan fingerprint density at radius 1 is 1.06 bits per heavy atom. The number of nitrogens with zero attached hydrogens (tertiary/aromatic N) is 2. The Bertz CT molecular complexity index is 1260. The molecular formula is C26H25F3N4O2. The van der Waals surface area contributed by atoms with Crippen LogP contribution in [-0.2, 0) is 6.18 Å². The summed E-state index contributed by atoms with van der Waals surface area (Å²) in [5.74, 6) is -0.560. The summed E-state index contributed by atoms with van der Waals surface area (Å²) >= 11 is 0. The van der Waals surface area contributed by atoms with Crippen LogP contribution >= 0.6 is 0 Å². The molecule has 1 saturated heterocycles. The first-order chi connectivity index (χ1) is 16.7. The number of hydrogen-bond acceptors (Lipinski definition) is 4. The number of aromatic nitrogens is 1. The van der Waals surface area contributed by atoms with Gasteiger partial charge in [0.1, 0.15) is 5.69 Å². The van der Waals surface area contributed by atoms with Crippen LogP contribution in [0.5, 0.6) is 0 Å². The van der Waals surface area contributed by atoms with Crippen LogP contribution in [0.25, 0.3) is 0 Å². The highest BCUT2D eigenvalue weighted by Gasteiger charge is 2.31. The van der Waals surface area contributed by atoms with E-state index in [0.29, 0.717) is 17.8 Å². The van der Waals surface area contributed by atoms with Gasteiger partial charge in [0, 0.05) is 49.2 Å². The van der Waals surface area contributed by atoms with E-state index in [1.165, 1.54) is 12.1 Å². The Labute approximate surface area is 201 Å². The van der Waals surface area contributed by atoms with E-state index in [9.17, 15) is 22.8 Å². The van der Waals surface area contributed by atoms with Crippen LogP contribution in [0.2, 0.25) is 0 Å². The lowest BCUT2D eigenvalue weighted by molar-refractivity contribution is -0.137. The first-order valence-corrected chi connectivity index (χ1v) is 11.2. The fourth-order valence-corrected chi connectivity index (χ4v) is 4.32. The number of benzene rings is 2. The van der Waals surface area contributed by atoms with Gasteiger partial charge in [0.2, 0.25) is 0 Å². The van der Waals surface area contributed by atoms with Crippen LogP contribution in [0.1, 0.15) is 49.9 Å². The van der Waals surface area contributed by atoms with E-state index in [1.54, 1.807) is 25.4 Å². The molecule has 0 spiro atoms. The van der Waals surface area contributed by atoms with Crippen molar-refractivity contribution in [3.8, 4) is 0 Å². The molecule has 182 valence electrons. The zero-order valence-electron chi connectivity index (χ0n) is 19.3.